The van der Waals surface area contributed by atoms with E-state index in [0.717, 1.165) is 17.1 Å². The summed E-state index contributed by atoms with van der Waals surface area (Å²) in [5.74, 6) is 0.735. The molecule has 0 saturated carbocycles. The van der Waals surface area contributed by atoms with E-state index in [9.17, 15) is 0 Å². The SMILES string of the molecule is Cc1ccccc1NC(=S)Nc1ccn(C)n1. The second-order valence-corrected chi connectivity index (χ2v) is 4.18. The summed E-state index contributed by atoms with van der Waals surface area (Å²) in [7, 11) is 1.86. The van der Waals surface area contributed by atoms with Crippen LogP contribution in [0.1, 0.15) is 5.56 Å². The molecule has 0 unspecified atom stereocenters. The topological polar surface area (TPSA) is 41.9 Å². The van der Waals surface area contributed by atoms with Crippen molar-refractivity contribution in [2.24, 2.45) is 7.05 Å². The summed E-state index contributed by atoms with van der Waals surface area (Å²) >= 11 is 5.22. The second-order valence-electron chi connectivity index (χ2n) is 3.77. The van der Waals surface area contributed by atoms with Crippen LogP contribution < -0.4 is 10.6 Å². The third-order valence-electron chi connectivity index (χ3n) is 2.35. The van der Waals surface area contributed by atoms with E-state index < -0.39 is 0 Å². The van der Waals surface area contributed by atoms with E-state index >= 15 is 0 Å². The van der Waals surface area contributed by atoms with Crippen LogP contribution in [0.5, 0.6) is 0 Å². The molecule has 0 fully saturated rings. The number of aryl methyl sites for hydroxylation is 2. The minimum absolute atomic E-state index is 0.540. The van der Waals surface area contributed by atoms with Crippen LogP contribution in [-0.2, 0) is 7.05 Å². The van der Waals surface area contributed by atoms with E-state index in [4.69, 9.17) is 12.2 Å². The van der Waals surface area contributed by atoms with Crippen molar-refractivity contribution in [2.45, 2.75) is 6.92 Å². The predicted octanol–water partition coefficient (Wildman–Crippen LogP) is 2.54. The number of benzene rings is 1. The molecule has 0 aliphatic heterocycles. The van der Waals surface area contributed by atoms with E-state index in [1.54, 1.807) is 4.68 Å². The van der Waals surface area contributed by atoms with E-state index in [-0.39, 0.29) is 0 Å². The number of para-hydroxylation sites is 1. The molecule has 2 aromatic rings. The second kappa shape index (κ2) is 4.97. The predicted molar refractivity (Wildman–Crippen MR) is 74.2 cm³/mol. The van der Waals surface area contributed by atoms with Crippen molar-refractivity contribution in [3.8, 4) is 0 Å². The van der Waals surface area contributed by atoms with Gasteiger partial charge in [-0.1, -0.05) is 18.2 Å². The van der Waals surface area contributed by atoms with Crippen LogP contribution in [0, 0.1) is 6.92 Å². The van der Waals surface area contributed by atoms with Crippen LogP contribution >= 0.6 is 12.2 Å². The van der Waals surface area contributed by atoms with Gasteiger partial charge in [0.2, 0.25) is 0 Å². The zero-order chi connectivity index (χ0) is 12.3. The fourth-order valence-electron chi connectivity index (χ4n) is 1.46. The van der Waals surface area contributed by atoms with Crippen LogP contribution in [0.2, 0.25) is 0 Å². The van der Waals surface area contributed by atoms with Gasteiger partial charge in [0.25, 0.3) is 0 Å². The fourth-order valence-corrected chi connectivity index (χ4v) is 1.68. The molecule has 1 heterocycles. The lowest BCUT2D eigenvalue weighted by atomic mass is 10.2. The van der Waals surface area contributed by atoms with Gasteiger partial charge < -0.3 is 10.6 Å². The van der Waals surface area contributed by atoms with Crippen molar-refractivity contribution < 1.29 is 0 Å². The number of thiocarbonyl (C=S) groups is 1. The third-order valence-corrected chi connectivity index (χ3v) is 2.55. The minimum Gasteiger partial charge on any atom is -0.332 e. The van der Waals surface area contributed by atoms with E-state index in [0.29, 0.717) is 5.11 Å². The Morgan fingerprint density at radius 2 is 2.00 bits per heavy atom. The van der Waals surface area contributed by atoms with Gasteiger partial charge in [0, 0.05) is 25.0 Å². The first-order valence-corrected chi connectivity index (χ1v) is 5.69. The number of rotatable bonds is 2. The number of hydrogen-bond donors (Lipinski definition) is 2. The van der Waals surface area contributed by atoms with Crippen LogP contribution in [0.25, 0.3) is 0 Å². The number of nitrogens with zero attached hydrogens (tertiary/aromatic N) is 2. The number of aromatic nitrogens is 2. The zero-order valence-electron chi connectivity index (χ0n) is 9.77. The molecular formula is C12H14N4S. The van der Waals surface area contributed by atoms with E-state index in [1.807, 2.05) is 50.5 Å². The fraction of sp³-hybridized carbons (Fsp3) is 0.167. The van der Waals surface area contributed by atoms with E-state index in [1.165, 1.54) is 0 Å². The Labute approximate surface area is 106 Å². The first kappa shape index (κ1) is 11.6. The Hall–Kier alpha value is -1.88. The molecule has 0 amide bonds. The lowest BCUT2D eigenvalue weighted by Crippen LogP contribution is -2.19. The highest BCUT2D eigenvalue weighted by Crippen LogP contribution is 2.13. The van der Waals surface area contributed by atoms with Gasteiger partial charge in [-0.25, -0.2) is 0 Å². The molecule has 0 spiro atoms. The molecule has 1 aromatic carbocycles. The highest BCUT2D eigenvalue weighted by atomic mass is 32.1. The summed E-state index contributed by atoms with van der Waals surface area (Å²) in [6, 6.07) is 9.85. The first-order valence-electron chi connectivity index (χ1n) is 5.28. The van der Waals surface area contributed by atoms with Gasteiger partial charge >= 0.3 is 0 Å². The van der Waals surface area contributed by atoms with Gasteiger partial charge in [-0.2, -0.15) is 5.10 Å². The molecule has 0 bridgehead atoms. The average Bonchev–Trinajstić information content (AvgIpc) is 2.67. The maximum absolute atomic E-state index is 5.22. The average molecular weight is 246 g/mol. The van der Waals surface area contributed by atoms with Gasteiger partial charge in [0.05, 0.1) is 0 Å². The first-order chi connectivity index (χ1) is 8.15. The summed E-state index contributed by atoms with van der Waals surface area (Å²) in [5.41, 5.74) is 2.15. The van der Waals surface area contributed by atoms with Crippen molar-refractivity contribution in [3.63, 3.8) is 0 Å². The van der Waals surface area contributed by atoms with Crippen LogP contribution in [0.4, 0.5) is 11.5 Å². The molecule has 0 saturated heterocycles. The zero-order valence-corrected chi connectivity index (χ0v) is 10.6. The number of anilines is 2. The molecule has 0 radical (unpaired) electrons. The molecule has 5 heteroatoms. The van der Waals surface area contributed by atoms with Crippen molar-refractivity contribution in [3.05, 3.63) is 42.1 Å². The normalized spacial score (nSPS) is 10.0. The lowest BCUT2D eigenvalue weighted by molar-refractivity contribution is 0.772. The van der Waals surface area contributed by atoms with E-state index in [2.05, 4.69) is 15.7 Å². The Morgan fingerprint density at radius 3 is 2.65 bits per heavy atom. The monoisotopic (exact) mass is 246 g/mol. The maximum Gasteiger partial charge on any atom is 0.176 e. The van der Waals surface area contributed by atoms with Gasteiger partial charge in [-0.15, -0.1) is 0 Å². The highest BCUT2D eigenvalue weighted by Gasteiger charge is 2.02. The Kier molecular flexibility index (Phi) is 3.39. The third kappa shape index (κ3) is 3.04. The minimum atomic E-state index is 0.540. The largest absolute Gasteiger partial charge is 0.332 e. The van der Waals surface area contributed by atoms with Gasteiger partial charge in [-0.3, -0.25) is 4.68 Å². The van der Waals surface area contributed by atoms with Crippen LogP contribution in [0.3, 0.4) is 0 Å². The van der Waals surface area contributed by atoms with Crippen molar-refractivity contribution >= 4 is 28.8 Å². The van der Waals surface area contributed by atoms with Gasteiger partial charge in [0.15, 0.2) is 10.9 Å². The summed E-state index contributed by atoms with van der Waals surface area (Å²) in [5, 5.41) is 10.9. The summed E-state index contributed by atoms with van der Waals surface area (Å²) in [6.45, 7) is 2.03. The summed E-state index contributed by atoms with van der Waals surface area (Å²) in [4.78, 5) is 0. The molecule has 88 valence electrons. The standard InChI is InChI=1S/C12H14N4S/c1-9-5-3-4-6-10(9)13-12(17)14-11-7-8-16(2)15-11/h3-8H,1-2H3,(H2,13,14,15,17). The Balaban J connectivity index is 2.01. The highest BCUT2D eigenvalue weighted by molar-refractivity contribution is 7.80. The van der Waals surface area contributed by atoms with Crippen molar-refractivity contribution in [1.29, 1.82) is 0 Å². The van der Waals surface area contributed by atoms with Crippen LogP contribution in [0.15, 0.2) is 36.5 Å². The molecule has 0 aliphatic rings. The number of nitrogens with one attached hydrogen (secondary N) is 2. The summed E-state index contributed by atoms with van der Waals surface area (Å²) in [6.07, 6.45) is 1.86. The lowest BCUT2D eigenvalue weighted by Gasteiger charge is -2.10. The van der Waals surface area contributed by atoms with Gasteiger partial charge in [-0.05, 0) is 30.8 Å². The van der Waals surface area contributed by atoms with Gasteiger partial charge in [0.1, 0.15) is 0 Å². The summed E-state index contributed by atoms with van der Waals surface area (Å²) < 4.78 is 1.72. The molecule has 2 N–H and O–H groups in total. The molecule has 17 heavy (non-hydrogen) atoms. The quantitative estimate of drug-likeness (QED) is 0.799. The molecule has 4 nitrogen and oxygen atoms in total. The van der Waals surface area contributed by atoms with Crippen molar-refractivity contribution in [1.82, 2.24) is 9.78 Å². The molecule has 1 aromatic heterocycles. The Morgan fingerprint density at radius 1 is 1.24 bits per heavy atom. The Bertz CT molecular complexity index is 533. The molecular weight excluding hydrogens is 232 g/mol. The molecule has 2 rings (SSSR count). The maximum atomic E-state index is 5.22. The molecule has 0 atom stereocenters. The van der Waals surface area contributed by atoms with Crippen molar-refractivity contribution in [2.75, 3.05) is 10.6 Å². The number of hydrogen-bond acceptors (Lipinski definition) is 2. The van der Waals surface area contributed by atoms with Crippen LogP contribution in [-0.4, -0.2) is 14.9 Å². The smallest absolute Gasteiger partial charge is 0.176 e. The molecule has 0 aliphatic carbocycles.